The number of carbonyl (C=O) groups excluding carboxylic acids is 2. The molecule has 1 aromatic carbocycles. The molecular formula is C12H13F3N2O4. The molecule has 0 heterocycles. The Labute approximate surface area is 118 Å². The van der Waals surface area contributed by atoms with Gasteiger partial charge in [-0.05, 0) is 12.1 Å². The van der Waals surface area contributed by atoms with Crippen LogP contribution in [0.3, 0.4) is 0 Å². The quantitative estimate of drug-likeness (QED) is 0.841. The SMILES string of the molecule is NC(=O)CCOc1ccccc1NC(=O)OCC(F)(F)F. The van der Waals surface area contributed by atoms with Gasteiger partial charge in [0, 0.05) is 0 Å². The van der Waals surface area contributed by atoms with Gasteiger partial charge < -0.3 is 15.2 Å². The predicted molar refractivity (Wildman–Crippen MR) is 66.8 cm³/mol. The number of nitrogens with one attached hydrogen (secondary N) is 1. The number of hydrogen-bond acceptors (Lipinski definition) is 4. The molecule has 0 unspecified atom stereocenters. The Morgan fingerprint density at radius 1 is 1.24 bits per heavy atom. The number of halogens is 3. The van der Waals surface area contributed by atoms with Crippen molar-refractivity contribution in [3.8, 4) is 5.75 Å². The molecule has 0 atom stereocenters. The molecule has 9 heteroatoms. The Hall–Kier alpha value is -2.45. The van der Waals surface area contributed by atoms with Crippen molar-refractivity contribution in [2.45, 2.75) is 12.6 Å². The zero-order valence-corrected chi connectivity index (χ0v) is 10.8. The highest BCUT2D eigenvalue weighted by Crippen LogP contribution is 2.24. The monoisotopic (exact) mass is 306 g/mol. The van der Waals surface area contributed by atoms with Crippen molar-refractivity contribution < 1.29 is 32.2 Å². The molecular weight excluding hydrogens is 293 g/mol. The number of ether oxygens (including phenoxy) is 2. The lowest BCUT2D eigenvalue weighted by atomic mass is 10.3. The maximum atomic E-state index is 11.9. The minimum absolute atomic E-state index is 0.0222. The fourth-order valence-electron chi connectivity index (χ4n) is 1.25. The molecule has 2 amide bonds. The van der Waals surface area contributed by atoms with Crippen molar-refractivity contribution in [1.82, 2.24) is 0 Å². The standard InChI is InChI=1S/C12H13F3N2O4/c13-12(14,15)7-21-11(19)17-8-3-1-2-4-9(8)20-6-5-10(16)18/h1-4H,5-7H2,(H2,16,18)(H,17,19). The van der Waals surface area contributed by atoms with Crippen LogP contribution in [0.1, 0.15) is 6.42 Å². The summed E-state index contributed by atoms with van der Waals surface area (Å²) >= 11 is 0. The smallest absolute Gasteiger partial charge is 0.422 e. The van der Waals surface area contributed by atoms with E-state index in [9.17, 15) is 22.8 Å². The van der Waals surface area contributed by atoms with Crippen LogP contribution in [0.4, 0.5) is 23.7 Å². The number of anilines is 1. The van der Waals surface area contributed by atoms with Crippen LogP contribution < -0.4 is 15.8 Å². The normalized spacial score (nSPS) is 10.8. The van der Waals surface area contributed by atoms with Gasteiger partial charge in [-0.3, -0.25) is 10.1 Å². The summed E-state index contributed by atoms with van der Waals surface area (Å²) in [6.45, 7) is -1.71. The number of nitrogens with two attached hydrogens (primary N) is 1. The minimum Gasteiger partial charge on any atom is -0.491 e. The van der Waals surface area contributed by atoms with E-state index in [4.69, 9.17) is 10.5 Å². The van der Waals surface area contributed by atoms with Crippen LogP contribution in [-0.4, -0.2) is 31.4 Å². The number of benzene rings is 1. The van der Waals surface area contributed by atoms with Crippen LogP contribution in [0.25, 0.3) is 0 Å². The topological polar surface area (TPSA) is 90.7 Å². The van der Waals surface area contributed by atoms with Crippen LogP contribution in [-0.2, 0) is 9.53 Å². The van der Waals surface area contributed by atoms with Crippen molar-refractivity contribution in [1.29, 1.82) is 0 Å². The van der Waals surface area contributed by atoms with E-state index >= 15 is 0 Å². The summed E-state index contributed by atoms with van der Waals surface area (Å²) in [5, 5.41) is 2.12. The van der Waals surface area contributed by atoms with Gasteiger partial charge in [0.1, 0.15) is 5.75 Å². The van der Waals surface area contributed by atoms with Gasteiger partial charge in [0.15, 0.2) is 6.61 Å². The van der Waals surface area contributed by atoms with Crippen LogP contribution in [0, 0.1) is 0 Å². The van der Waals surface area contributed by atoms with Gasteiger partial charge >= 0.3 is 12.3 Å². The van der Waals surface area contributed by atoms with Gasteiger partial charge in [-0.2, -0.15) is 13.2 Å². The van der Waals surface area contributed by atoms with Crippen LogP contribution in [0.15, 0.2) is 24.3 Å². The summed E-state index contributed by atoms with van der Waals surface area (Å²) in [5.41, 5.74) is 5.06. The highest BCUT2D eigenvalue weighted by molar-refractivity contribution is 5.86. The highest BCUT2D eigenvalue weighted by Gasteiger charge is 2.29. The van der Waals surface area contributed by atoms with E-state index in [0.717, 1.165) is 0 Å². The third kappa shape index (κ3) is 7.04. The van der Waals surface area contributed by atoms with Gasteiger partial charge in [0.2, 0.25) is 5.91 Å². The average molecular weight is 306 g/mol. The number of amides is 2. The molecule has 0 spiro atoms. The third-order valence-electron chi connectivity index (χ3n) is 2.10. The number of primary amides is 1. The van der Waals surface area contributed by atoms with Crippen molar-refractivity contribution in [3.63, 3.8) is 0 Å². The molecule has 0 aliphatic carbocycles. The highest BCUT2D eigenvalue weighted by atomic mass is 19.4. The fraction of sp³-hybridized carbons (Fsp3) is 0.333. The first kappa shape index (κ1) is 16.6. The first-order valence-corrected chi connectivity index (χ1v) is 5.78. The van der Waals surface area contributed by atoms with Gasteiger partial charge in [0.05, 0.1) is 18.7 Å². The summed E-state index contributed by atoms with van der Waals surface area (Å²) in [5.74, 6) is -0.382. The molecule has 0 saturated carbocycles. The van der Waals surface area contributed by atoms with Crippen LogP contribution in [0.5, 0.6) is 5.75 Å². The van der Waals surface area contributed by atoms with E-state index < -0.39 is 24.8 Å². The molecule has 0 radical (unpaired) electrons. The molecule has 3 N–H and O–H groups in total. The lowest BCUT2D eigenvalue weighted by Crippen LogP contribution is -2.23. The second-order valence-electron chi connectivity index (χ2n) is 3.88. The summed E-state index contributed by atoms with van der Waals surface area (Å²) in [4.78, 5) is 21.8. The van der Waals surface area contributed by atoms with E-state index in [1.807, 2.05) is 0 Å². The van der Waals surface area contributed by atoms with Crippen molar-refractivity contribution in [3.05, 3.63) is 24.3 Å². The van der Waals surface area contributed by atoms with E-state index in [0.29, 0.717) is 0 Å². The van der Waals surface area contributed by atoms with Gasteiger partial charge in [-0.25, -0.2) is 4.79 Å². The number of hydrogen-bond donors (Lipinski definition) is 2. The van der Waals surface area contributed by atoms with E-state index in [1.165, 1.54) is 12.1 Å². The zero-order chi connectivity index (χ0) is 15.9. The van der Waals surface area contributed by atoms with Gasteiger partial charge in [-0.15, -0.1) is 0 Å². The van der Waals surface area contributed by atoms with Crippen molar-refractivity contribution in [2.24, 2.45) is 5.73 Å². The Morgan fingerprint density at radius 3 is 2.52 bits per heavy atom. The number of para-hydroxylation sites is 2. The third-order valence-corrected chi connectivity index (χ3v) is 2.10. The predicted octanol–water partition coefficient (Wildman–Crippen LogP) is 2.05. The van der Waals surface area contributed by atoms with Crippen LogP contribution in [0.2, 0.25) is 0 Å². The van der Waals surface area contributed by atoms with Crippen molar-refractivity contribution >= 4 is 17.7 Å². The number of alkyl halides is 3. The Balaban J connectivity index is 2.57. The Bertz CT molecular complexity index is 506. The second kappa shape index (κ2) is 7.36. The zero-order valence-electron chi connectivity index (χ0n) is 10.8. The summed E-state index contributed by atoms with van der Waals surface area (Å²) in [6, 6.07) is 6.01. The number of carbonyl (C=O) groups is 2. The molecule has 0 aliphatic heterocycles. The summed E-state index contributed by atoms with van der Waals surface area (Å²) < 4.78 is 44.9. The molecule has 1 rings (SSSR count). The molecule has 0 saturated heterocycles. The fourth-order valence-corrected chi connectivity index (χ4v) is 1.25. The van der Waals surface area contributed by atoms with E-state index in [-0.39, 0.29) is 24.5 Å². The van der Waals surface area contributed by atoms with Gasteiger partial charge in [-0.1, -0.05) is 12.1 Å². The molecule has 0 fully saturated rings. The molecule has 0 aliphatic rings. The molecule has 21 heavy (non-hydrogen) atoms. The average Bonchev–Trinajstić information content (AvgIpc) is 2.37. The van der Waals surface area contributed by atoms with E-state index in [2.05, 4.69) is 10.1 Å². The maximum absolute atomic E-state index is 11.9. The maximum Gasteiger partial charge on any atom is 0.422 e. The minimum atomic E-state index is -4.60. The Kier molecular flexibility index (Phi) is 5.82. The summed E-state index contributed by atoms with van der Waals surface area (Å²) in [7, 11) is 0. The second-order valence-corrected chi connectivity index (χ2v) is 3.88. The number of rotatable bonds is 6. The first-order chi connectivity index (χ1) is 9.78. The largest absolute Gasteiger partial charge is 0.491 e. The molecule has 6 nitrogen and oxygen atoms in total. The Morgan fingerprint density at radius 2 is 1.90 bits per heavy atom. The first-order valence-electron chi connectivity index (χ1n) is 5.78. The molecule has 0 bridgehead atoms. The lowest BCUT2D eigenvalue weighted by Gasteiger charge is -2.12. The summed E-state index contributed by atoms with van der Waals surface area (Å²) in [6.07, 6.45) is -5.90. The molecule has 116 valence electrons. The molecule has 1 aromatic rings. The molecule has 0 aromatic heterocycles. The van der Waals surface area contributed by atoms with Crippen molar-refractivity contribution in [2.75, 3.05) is 18.5 Å². The lowest BCUT2D eigenvalue weighted by molar-refractivity contribution is -0.159. The van der Waals surface area contributed by atoms with Gasteiger partial charge in [0.25, 0.3) is 0 Å². The van der Waals surface area contributed by atoms with E-state index in [1.54, 1.807) is 12.1 Å². The van der Waals surface area contributed by atoms with Crippen LogP contribution >= 0.6 is 0 Å².